The molecule has 1 heterocycles. The molecule has 1 amide bonds. The highest BCUT2D eigenvalue weighted by Gasteiger charge is 2.26. The third-order valence-electron chi connectivity index (χ3n) is 5.18. The zero-order valence-electron chi connectivity index (χ0n) is 17.0. The van der Waals surface area contributed by atoms with Crippen LogP contribution in [0.3, 0.4) is 0 Å². The Hall–Kier alpha value is -1.80. The Labute approximate surface area is 188 Å². The van der Waals surface area contributed by atoms with Gasteiger partial charge in [-0.1, -0.05) is 35.3 Å². The molecule has 162 valence electrons. The van der Waals surface area contributed by atoms with Gasteiger partial charge in [-0.05, 0) is 49.9 Å². The Morgan fingerprint density at radius 3 is 2.27 bits per heavy atom. The second-order valence-corrected chi connectivity index (χ2v) is 9.95. The van der Waals surface area contributed by atoms with Gasteiger partial charge in [0.15, 0.2) is 0 Å². The van der Waals surface area contributed by atoms with Crippen LogP contribution in [0, 0.1) is 0 Å². The lowest BCUT2D eigenvalue weighted by Crippen LogP contribution is -2.47. The predicted octanol–water partition coefficient (Wildman–Crippen LogP) is 3.53. The number of carbonyl (C=O) groups excluding carboxylic acids is 1. The summed E-state index contributed by atoms with van der Waals surface area (Å²) in [5.41, 5.74) is 1.35. The maximum atomic E-state index is 13.2. The lowest BCUT2D eigenvalue weighted by atomic mass is 10.1. The quantitative estimate of drug-likeness (QED) is 0.648. The zero-order valence-corrected chi connectivity index (χ0v) is 19.3. The van der Waals surface area contributed by atoms with Crippen LogP contribution >= 0.6 is 23.2 Å². The first-order valence-electron chi connectivity index (χ1n) is 9.75. The Kier molecular flexibility index (Phi) is 7.29. The maximum Gasteiger partial charge on any atom is 0.265 e. The summed E-state index contributed by atoms with van der Waals surface area (Å²) in [5, 5.41) is 0.416. The Morgan fingerprint density at radius 2 is 1.67 bits per heavy atom. The zero-order chi connectivity index (χ0) is 21.9. The molecule has 30 heavy (non-hydrogen) atoms. The lowest BCUT2D eigenvalue weighted by molar-refractivity contribution is -0.132. The summed E-state index contributed by atoms with van der Waals surface area (Å²) < 4.78 is 27.6. The molecule has 1 fully saturated rings. The molecule has 0 saturated carbocycles. The Balaban J connectivity index is 1.77. The van der Waals surface area contributed by atoms with E-state index in [1.807, 2.05) is 11.9 Å². The van der Waals surface area contributed by atoms with Crippen molar-refractivity contribution in [2.75, 3.05) is 44.1 Å². The first kappa shape index (κ1) is 22.9. The second-order valence-electron chi connectivity index (χ2n) is 7.27. The van der Waals surface area contributed by atoms with Crippen molar-refractivity contribution in [2.45, 2.75) is 18.2 Å². The van der Waals surface area contributed by atoms with E-state index < -0.39 is 10.0 Å². The van der Waals surface area contributed by atoms with Gasteiger partial charge in [0.1, 0.15) is 4.90 Å². The summed E-state index contributed by atoms with van der Waals surface area (Å²) in [6.07, 6.45) is 0.295. The second kappa shape index (κ2) is 9.56. The topological polar surface area (TPSA) is 60.9 Å². The minimum Gasteiger partial charge on any atom is -0.340 e. The number of piperazine rings is 1. The van der Waals surface area contributed by atoms with E-state index in [0.29, 0.717) is 17.1 Å². The summed E-state index contributed by atoms with van der Waals surface area (Å²) in [6, 6.07) is 11.4. The summed E-state index contributed by atoms with van der Waals surface area (Å²) in [4.78, 5) is 16.6. The van der Waals surface area contributed by atoms with Crippen LogP contribution < -0.4 is 4.31 Å². The molecule has 1 aliphatic rings. The van der Waals surface area contributed by atoms with E-state index in [9.17, 15) is 13.2 Å². The molecule has 0 N–H and O–H groups in total. The van der Waals surface area contributed by atoms with Crippen molar-refractivity contribution in [1.29, 1.82) is 0 Å². The van der Waals surface area contributed by atoms with Crippen LogP contribution in [0.1, 0.15) is 12.5 Å². The minimum atomic E-state index is -3.88. The standard InChI is InChI=1S/C21H25Cl2N3O3S/c1-3-26(30(28,29)20-15-17(22)6-9-19(20)23)18-7-4-16(5-8-18)14-21(27)25-12-10-24(2)11-13-25/h4-9,15H,3,10-14H2,1-2H3. The number of nitrogens with zero attached hydrogens (tertiary/aromatic N) is 3. The van der Waals surface area contributed by atoms with Gasteiger partial charge in [-0.25, -0.2) is 8.42 Å². The number of amides is 1. The molecule has 0 bridgehead atoms. The highest BCUT2D eigenvalue weighted by molar-refractivity contribution is 7.93. The summed E-state index contributed by atoms with van der Waals surface area (Å²) in [6.45, 7) is 5.19. The number of likely N-dealkylation sites (N-methyl/N-ethyl adjacent to an activating group) is 1. The maximum absolute atomic E-state index is 13.2. The number of sulfonamides is 1. The molecule has 6 nitrogen and oxygen atoms in total. The Morgan fingerprint density at radius 1 is 1.03 bits per heavy atom. The van der Waals surface area contributed by atoms with E-state index >= 15 is 0 Å². The summed E-state index contributed by atoms with van der Waals surface area (Å²) >= 11 is 12.1. The van der Waals surface area contributed by atoms with Crippen LogP contribution in [0.2, 0.25) is 10.0 Å². The van der Waals surface area contributed by atoms with E-state index in [1.165, 1.54) is 16.4 Å². The molecule has 3 rings (SSSR count). The average Bonchev–Trinajstić information content (AvgIpc) is 2.71. The molecule has 2 aromatic carbocycles. The van der Waals surface area contributed by atoms with Gasteiger partial charge in [0, 0.05) is 37.7 Å². The lowest BCUT2D eigenvalue weighted by Gasteiger charge is -2.32. The SMILES string of the molecule is CCN(c1ccc(CC(=O)N2CCN(C)CC2)cc1)S(=O)(=O)c1cc(Cl)ccc1Cl. The predicted molar refractivity (Wildman–Crippen MR) is 121 cm³/mol. The van der Waals surface area contributed by atoms with Gasteiger partial charge in [-0.15, -0.1) is 0 Å². The number of hydrogen-bond acceptors (Lipinski definition) is 4. The molecular formula is C21H25Cl2N3O3S. The molecule has 0 atom stereocenters. The molecule has 2 aromatic rings. The van der Waals surface area contributed by atoms with Crippen LogP contribution in [0.4, 0.5) is 5.69 Å². The van der Waals surface area contributed by atoms with Crippen molar-refractivity contribution in [1.82, 2.24) is 9.80 Å². The molecule has 0 radical (unpaired) electrons. The monoisotopic (exact) mass is 469 g/mol. The van der Waals surface area contributed by atoms with E-state index in [-0.39, 0.29) is 22.4 Å². The molecule has 1 aliphatic heterocycles. The smallest absolute Gasteiger partial charge is 0.265 e. The van der Waals surface area contributed by atoms with Crippen LogP contribution in [-0.2, 0) is 21.2 Å². The van der Waals surface area contributed by atoms with Crippen LogP contribution in [0.25, 0.3) is 0 Å². The fourth-order valence-corrected chi connectivity index (χ4v) is 5.62. The van der Waals surface area contributed by atoms with E-state index in [0.717, 1.165) is 31.7 Å². The van der Waals surface area contributed by atoms with E-state index in [2.05, 4.69) is 4.90 Å². The highest BCUT2D eigenvalue weighted by atomic mass is 35.5. The molecule has 0 aliphatic carbocycles. The van der Waals surface area contributed by atoms with Crippen molar-refractivity contribution in [3.8, 4) is 0 Å². The van der Waals surface area contributed by atoms with Gasteiger partial charge in [0.2, 0.25) is 5.91 Å². The molecular weight excluding hydrogens is 445 g/mol. The molecule has 0 aromatic heterocycles. The number of anilines is 1. The van der Waals surface area contributed by atoms with Gasteiger partial charge >= 0.3 is 0 Å². The number of hydrogen-bond donors (Lipinski definition) is 0. The van der Waals surface area contributed by atoms with Crippen molar-refractivity contribution < 1.29 is 13.2 Å². The fourth-order valence-electron chi connectivity index (χ4n) is 3.41. The van der Waals surface area contributed by atoms with Gasteiger partial charge in [-0.2, -0.15) is 0 Å². The first-order valence-corrected chi connectivity index (χ1v) is 11.9. The number of carbonyl (C=O) groups is 1. The van der Waals surface area contributed by atoms with Crippen LogP contribution in [0.15, 0.2) is 47.4 Å². The van der Waals surface area contributed by atoms with Crippen molar-refractivity contribution in [3.05, 3.63) is 58.1 Å². The largest absolute Gasteiger partial charge is 0.340 e. The minimum absolute atomic E-state index is 0.0344. The number of benzene rings is 2. The number of rotatable bonds is 6. The van der Waals surface area contributed by atoms with Crippen molar-refractivity contribution in [3.63, 3.8) is 0 Å². The van der Waals surface area contributed by atoms with Crippen molar-refractivity contribution >= 4 is 44.8 Å². The third kappa shape index (κ3) is 5.09. The normalized spacial score (nSPS) is 15.3. The average molecular weight is 470 g/mol. The van der Waals surface area contributed by atoms with Gasteiger partial charge in [-0.3, -0.25) is 9.10 Å². The Bertz CT molecular complexity index is 1000. The van der Waals surface area contributed by atoms with Crippen LogP contribution in [-0.4, -0.2) is 63.9 Å². The first-order chi connectivity index (χ1) is 14.2. The van der Waals surface area contributed by atoms with Gasteiger partial charge in [0.05, 0.1) is 17.1 Å². The molecule has 9 heteroatoms. The third-order valence-corrected chi connectivity index (χ3v) is 7.80. The van der Waals surface area contributed by atoms with E-state index in [1.54, 1.807) is 37.3 Å². The van der Waals surface area contributed by atoms with Gasteiger partial charge in [0.25, 0.3) is 10.0 Å². The fraction of sp³-hybridized carbons (Fsp3) is 0.381. The van der Waals surface area contributed by atoms with E-state index in [4.69, 9.17) is 23.2 Å². The number of halogens is 2. The van der Waals surface area contributed by atoms with Crippen LogP contribution in [0.5, 0.6) is 0 Å². The summed E-state index contributed by atoms with van der Waals surface area (Å²) in [5.74, 6) is 0.0847. The highest BCUT2D eigenvalue weighted by Crippen LogP contribution is 2.30. The van der Waals surface area contributed by atoms with Crippen molar-refractivity contribution in [2.24, 2.45) is 0 Å². The summed E-state index contributed by atoms with van der Waals surface area (Å²) in [7, 11) is -1.83. The molecule has 0 unspecified atom stereocenters. The molecule has 1 saturated heterocycles. The molecule has 0 spiro atoms. The van der Waals surface area contributed by atoms with Gasteiger partial charge < -0.3 is 9.80 Å².